The predicted octanol–water partition coefficient (Wildman–Crippen LogP) is 0.566. The SMILES string of the molecule is CC(Cn1ccnc1)NCCN1CCC(CO)CC1. The van der Waals surface area contributed by atoms with Crippen LogP contribution in [0.3, 0.4) is 0 Å². The van der Waals surface area contributed by atoms with E-state index >= 15 is 0 Å². The van der Waals surface area contributed by atoms with Gasteiger partial charge in [-0.15, -0.1) is 0 Å². The van der Waals surface area contributed by atoms with Crippen LogP contribution in [0.2, 0.25) is 0 Å². The first-order chi connectivity index (χ1) is 9.28. The van der Waals surface area contributed by atoms with Gasteiger partial charge in [-0.3, -0.25) is 0 Å². The van der Waals surface area contributed by atoms with Crippen LogP contribution in [0.25, 0.3) is 0 Å². The Kier molecular flexibility index (Phi) is 5.82. The number of likely N-dealkylation sites (tertiary alicyclic amines) is 1. The first kappa shape index (κ1) is 14.5. The average molecular weight is 266 g/mol. The maximum absolute atomic E-state index is 9.11. The lowest BCUT2D eigenvalue weighted by Crippen LogP contribution is -2.41. The molecule has 19 heavy (non-hydrogen) atoms. The van der Waals surface area contributed by atoms with Gasteiger partial charge in [-0.1, -0.05) is 0 Å². The van der Waals surface area contributed by atoms with Crippen molar-refractivity contribution in [3.05, 3.63) is 18.7 Å². The highest BCUT2D eigenvalue weighted by molar-refractivity contribution is 4.77. The fourth-order valence-corrected chi connectivity index (χ4v) is 2.64. The van der Waals surface area contributed by atoms with Crippen LogP contribution in [-0.2, 0) is 6.54 Å². The summed E-state index contributed by atoms with van der Waals surface area (Å²) in [5.41, 5.74) is 0. The van der Waals surface area contributed by atoms with E-state index in [-0.39, 0.29) is 0 Å². The van der Waals surface area contributed by atoms with Crippen molar-refractivity contribution < 1.29 is 5.11 Å². The highest BCUT2D eigenvalue weighted by Gasteiger charge is 2.17. The van der Waals surface area contributed by atoms with Crippen molar-refractivity contribution in [3.63, 3.8) is 0 Å². The van der Waals surface area contributed by atoms with Crippen molar-refractivity contribution in [2.75, 3.05) is 32.8 Å². The van der Waals surface area contributed by atoms with E-state index in [0.29, 0.717) is 18.6 Å². The van der Waals surface area contributed by atoms with Gasteiger partial charge in [0.2, 0.25) is 0 Å². The largest absolute Gasteiger partial charge is 0.396 e. The quantitative estimate of drug-likeness (QED) is 0.757. The molecule has 0 radical (unpaired) electrons. The minimum absolute atomic E-state index is 0.355. The second-order valence-corrected chi connectivity index (χ2v) is 5.58. The molecule has 1 unspecified atom stereocenters. The van der Waals surface area contributed by atoms with Crippen LogP contribution >= 0.6 is 0 Å². The number of aromatic nitrogens is 2. The Bertz CT molecular complexity index is 333. The molecule has 1 fully saturated rings. The second-order valence-electron chi connectivity index (χ2n) is 5.58. The number of nitrogens with zero attached hydrogens (tertiary/aromatic N) is 3. The molecule has 0 aromatic carbocycles. The van der Waals surface area contributed by atoms with Gasteiger partial charge in [-0.05, 0) is 38.8 Å². The van der Waals surface area contributed by atoms with Gasteiger partial charge in [-0.25, -0.2) is 4.98 Å². The van der Waals surface area contributed by atoms with Crippen LogP contribution in [0.1, 0.15) is 19.8 Å². The number of aliphatic hydroxyl groups is 1. The molecule has 0 amide bonds. The zero-order chi connectivity index (χ0) is 13.5. The molecule has 1 aromatic heterocycles. The number of imidazole rings is 1. The topological polar surface area (TPSA) is 53.3 Å². The third kappa shape index (κ3) is 4.93. The molecule has 5 heteroatoms. The number of piperidine rings is 1. The van der Waals surface area contributed by atoms with E-state index in [0.717, 1.165) is 45.6 Å². The Morgan fingerprint density at radius 2 is 2.21 bits per heavy atom. The molecule has 0 aliphatic carbocycles. The van der Waals surface area contributed by atoms with Crippen molar-refractivity contribution in [3.8, 4) is 0 Å². The van der Waals surface area contributed by atoms with E-state index in [9.17, 15) is 0 Å². The van der Waals surface area contributed by atoms with Crippen molar-refractivity contribution >= 4 is 0 Å². The highest BCUT2D eigenvalue weighted by Crippen LogP contribution is 2.15. The summed E-state index contributed by atoms with van der Waals surface area (Å²) in [6.07, 6.45) is 7.95. The molecular formula is C14H26N4O. The Morgan fingerprint density at radius 1 is 1.42 bits per heavy atom. The first-order valence-corrected chi connectivity index (χ1v) is 7.30. The summed E-state index contributed by atoms with van der Waals surface area (Å²) in [5.74, 6) is 0.532. The number of nitrogens with one attached hydrogen (secondary N) is 1. The molecular weight excluding hydrogens is 240 g/mol. The Labute approximate surface area is 115 Å². The molecule has 1 aliphatic heterocycles. The molecule has 1 aromatic rings. The summed E-state index contributed by atoms with van der Waals surface area (Å²) in [6, 6.07) is 0.462. The summed E-state index contributed by atoms with van der Waals surface area (Å²) < 4.78 is 2.10. The lowest BCUT2D eigenvalue weighted by Gasteiger charge is -2.31. The van der Waals surface area contributed by atoms with Crippen molar-refractivity contribution in [1.82, 2.24) is 19.8 Å². The minimum atomic E-state index is 0.355. The van der Waals surface area contributed by atoms with Gasteiger partial charge in [0.25, 0.3) is 0 Å². The molecule has 2 heterocycles. The summed E-state index contributed by atoms with van der Waals surface area (Å²) in [7, 11) is 0. The van der Waals surface area contributed by atoms with Crippen molar-refractivity contribution in [1.29, 1.82) is 0 Å². The van der Waals surface area contributed by atoms with Gasteiger partial charge in [0.05, 0.1) is 6.33 Å². The molecule has 0 spiro atoms. The van der Waals surface area contributed by atoms with Crippen LogP contribution in [0.5, 0.6) is 0 Å². The van der Waals surface area contributed by atoms with E-state index in [1.54, 1.807) is 0 Å². The van der Waals surface area contributed by atoms with E-state index in [1.807, 2.05) is 18.7 Å². The molecule has 0 saturated carbocycles. The van der Waals surface area contributed by atoms with E-state index in [4.69, 9.17) is 5.11 Å². The van der Waals surface area contributed by atoms with Gasteiger partial charge in [0.15, 0.2) is 0 Å². The lowest BCUT2D eigenvalue weighted by atomic mass is 9.98. The summed E-state index contributed by atoms with van der Waals surface area (Å²) >= 11 is 0. The van der Waals surface area contributed by atoms with Gasteiger partial charge in [0.1, 0.15) is 0 Å². The van der Waals surface area contributed by atoms with E-state index in [2.05, 4.69) is 26.7 Å². The van der Waals surface area contributed by atoms with Crippen LogP contribution < -0.4 is 5.32 Å². The van der Waals surface area contributed by atoms with Crippen LogP contribution in [0.4, 0.5) is 0 Å². The predicted molar refractivity (Wildman–Crippen MR) is 75.9 cm³/mol. The van der Waals surface area contributed by atoms with Crippen molar-refractivity contribution in [2.24, 2.45) is 5.92 Å². The molecule has 0 bridgehead atoms. The lowest BCUT2D eigenvalue weighted by molar-refractivity contribution is 0.131. The van der Waals surface area contributed by atoms with Crippen molar-refractivity contribution in [2.45, 2.75) is 32.4 Å². The fraction of sp³-hybridized carbons (Fsp3) is 0.786. The number of hydrogen-bond donors (Lipinski definition) is 2. The minimum Gasteiger partial charge on any atom is -0.396 e. The smallest absolute Gasteiger partial charge is 0.0946 e. The highest BCUT2D eigenvalue weighted by atomic mass is 16.3. The summed E-state index contributed by atoms with van der Waals surface area (Å²) in [6.45, 7) is 7.91. The number of rotatable bonds is 7. The average Bonchev–Trinajstić information content (AvgIpc) is 2.92. The van der Waals surface area contributed by atoms with Crippen LogP contribution in [0, 0.1) is 5.92 Å². The third-order valence-corrected chi connectivity index (χ3v) is 3.93. The molecule has 1 atom stereocenters. The molecule has 2 rings (SSSR count). The maximum atomic E-state index is 9.11. The van der Waals surface area contributed by atoms with Crippen LogP contribution in [0.15, 0.2) is 18.7 Å². The fourth-order valence-electron chi connectivity index (χ4n) is 2.64. The zero-order valence-corrected chi connectivity index (χ0v) is 11.8. The molecule has 108 valence electrons. The summed E-state index contributed by atoms with van der Waals surface area (Å²) in [4.78, 5) is 6.54. The maximum Gasteiger partial charge on any atom is 0.0946 e. The van der Waals surface area contributed by atoms with Gasteiger partial charge < -0.3 is 19.9 Å². The molecule has 5 nitrogen and oxygen atoms in total. The van der Waals surface area contributed by atoms with Gasteiger partial charge in [0, 0.05) is 44.7 Å². The summed E-state index contributed by atoms with van der Waals surface area (Å²) in [5, 5.41) is 12.7. The van der Waals surface area contributed by atoms with Gasteiger partial charge >= 0.3 is 0 Å². The van der Waals surface area contributed by atoms with Gasteiger partial charge in [-0.2, -0.15) is 0 Å². The first-order valence-electron chi connectivity index (χ1n) is 7.30. The zero-order valence-electron chi connectivity index (χ0n) is 11.8. The molecule has 1 saturated heterocycles. The molecule has 2 N–H and O–H groups in total. The Morgan fingerprint density at radius 3 is 2.84 bits per heavy atom. The third-order valence-electron chi connectivity index (χ3n) is 3.93. The standard InChI is InChI=1S/C14H26N4O/c1-13(10-18-8-4-15-12-18)16-5-9-17-6-2-14(11-19)3-7-17/h4,8,12-14,16,19H,2-3,5-7,9-11H2,1H3. The van der Waals surface area contributed by atoms with E-state index < -0.39 is 0 Å². The Hall–Kier alpha value is -0.910. The number of aliphatic hydroxyl groups excluding tert-OH is 1. The normalized spacial score (nSPS) is 19.7. The monoisotopic (exact) mass is 266 g/mol. The van der Waals surface area contributed by atoms with E-state index in [1.165, 1.54) is 0 Å². The molecule has 1 aliphatic rings. The van der Waals surface area contributed by atoms with Crippen LogP contribution in [-0.4, -0.2) is 58.4 Å². The number of hydrogen-bond acceptors (Lipinski definition) is 4. The second kappa shape index (κ2) is 7.62. The Balaban J connectivity index is 1.56.